The average molecular weight is 166 g/mol. The van der Waals surface area contributed by atoms with E-state index in [1.807, 2.05) is 6.92 Å². The topological polar surface area (TPSA) is 17.1 Å². The van der Waals surface area contributed by atoms with Gasteiger partial charge in [0.15, 0.2) is 0 Å². The molecular formula is C11H18O. The minimum absolute atomic E-state index is 0.231. The van der Waals surface area contributed by atoms with E-state index in [4.69, 9.17) is 0 Å². The highest BCUT2D eigenvalue weighted by atomic mass is 16.1. The fourth-order valence-corrected chi connectivity index (χ4v) is 2.21. The van der Waals surface area contributed by atoms with Crippen molar-refractivity contribution in [1.82, 2.24) is 0 Å². The summed E-state index contributed by atoms with van der Waals surface area (Å²) >= 11 is 0. The molecule has 0 amide bonds. The van der Waals surface area contributed by atoms with E-state index >= 15 is 0 Å². The van der Waals surface area contributed by atoms with Crippen LogP contribution >= 0.6 is 0 Å². The van der Waals surface area contributed by atoms with Crippen LogP contribution in [0.4, 0.5) is 0 Å². The van der Waals surface area contributed by atoms with E-state index in [9.17, 15) is 4.79 Å². The fraction of sp³-hybridized carbons (Fsp3) is 0.727. The first-order valence-electron chi connectivity index (χ1n) is 4.90. The molecule has 12 heavy (non-hydrogen) atoms. The molecule has 1 rings (SSSR count). The van der Waals surface area contributed by atoms with E-state index < -0.39 is 0 Å². The van der Waals surface area contributed by atoms with Gasteiger partial charge in [-0.1, -0.05) is 31.4 Å². The van der Waals surface area contributed by atoms with Crippen molar-refractivity contribution < 1.29 is 4.79 Å². The zero-order chi connectivity index (χ0) is 8.86. The van der Waals surface area contributed by atoms with Crippen LogP contribution in [-0.4, -0.2) is 6.29 Å². The number of hydrogen-bond acceptors (Lipinski definition) is 1. The molecule has 0 bridgehead atoms. The summed E-state index contributed by atoms with van der Waals surface area (Å²) in [5.74, 6) is 0. The largest absolute Gasteiger partial charge is 0.303 e. The molecule has 1 aliphatic rings. The predicted molar refractivity (Wildman–Crippen MR) is 51.0 cm³/mol. The summed E-state index contributed by atoms with van der Waals surface area (Å²) in [6.45, 7) is 2.04. The SMILES string of the molecule is C/C=C/C1(CC=O)CCCCC1. The van der Waals surface area contributed by atoms with Crippen molar-refractivity contribution in [3.8, 4) is 0 Å². The lowest BCUT2D eigenvalue weighted by Gasteiger charge is -2.32. The number of aldehydes is 1. The molecule has 1 fully saturated rings. The lowest BCUT2D eigenvalue weighted by atomic mass is 9.72. The lowest BCUT2D eigenvalue weighted by molar-refractivity contribution is -0.109. The Morgan fingerprint density at radius 3 is 2.42 bits per heavy atom. The summed E-state index contributed by atoms with van der Waals surface area (Å²) in [6, 6.07) is 0. The van der Waals surface area contributed by atoms with Gasteiger partial charge in [0.1, 0.15) is 6.29 Å². The van der Waals surface area contributed by atoms with Crippen molar-refractivity contribution in [3.63, 3.8) is 0 Å². The summed E-state index contributed by atoms with van der Waals surface area (Å²) < 4.78 is 0. The standard InChI is InChI=1S/C11H18O/c1-2-6-11(9-10-12)7-4-3-5-8-11/h2,6,10H,3-5,7-9H2,1H3/b6-2+. The van der Waals surface area contributed by atoms with E-state index in [1.165, 1.54) is 32.1 Å². The number of allylic oxidation sites excluding steroid dienone is 2. The van der Waals surface area contributed by atoms with Gasteiger partial charge in [-0.25, -0.2) is 0 Å². The van der Waals surface area contributed by atoms with E-state index in [0.29, 0.717) is 0 Å². The van der Waals surface area contributed by atoms with E-state index in [2.05, 4.69) is 12.2 Å². The Bertz CT molecular complexity index is 164. The maximum absolute atomic E-state index is 10.5. The second kappa shape index (κ2) is 4.44. The zero-order valence-electron chi connectivity index (χ0n) is 7.88. The second-order valence-corrected chi connectivity index (χ2v) is 3.79. The number of carbonyl (C=O) groups excluding carboxylic acids is 1. The third-order valence-corrected chi connectivity index (χ3v) is 2.86. The zero-order valence-corrected chi connectivity index (χ0v) is 7.88. The van der Waals surface area contributed by atoms with Crippen molar-refractivity contribution in [3.05, 3.63) is 12.2 Å². The Hall–Kier alpha value is -0.590. The van der Waals surface area contributed by atoms with Crippen molar-refractivity contribution in [1.29, 1.82) is 0 Å². The summed E-state index contributed by atoms with van der Waals surface area (Å²) in [5.41, 5.74) is 0.231. The number of carbonyl (C=O) groups is 1. The lowest BCUT2D eigenvalue weighted by Crippen LogP contribution is -2.21. The normalized spacial score (nSPS) is 22.8. The fourth-order valence-electron chi connectivity index (χ4n) is 2.21. The molecule has 1 saturated carbocycles. The van der Waals surface area contributed by atoms with E-state index in [0.717, 1.165) is 12.7 Å². The smallest absolute Gasteiger partial charge is 0.120 e. The first-order valence-corrected chi connectivity index (χ1v) is 4.90. The molecule has 1 nitrogen and oxygen atoms in total. The molecule has 0 heterocycles. The molecular weight excluding hydrogens is 148 g/mol. The maximum atomic E-state index is 10.5. The Morgan fingerprint density at radius 2 is 1.92 bits per heavy atom. The van der Waals surface area contributed by atoms with Crippen LogP contribution in [0.2, 0.25) is 0 Å². The van der Waals surface area contributed by atoms with Crippen LogP contribution in [0.1, 0.15) is 45.4 Å². The molecule has 0 atom stereocenters. The molecule has 0 radical (unpaired) electrons. The van der Waals surface area contributed by atoms with Crippen molar-refractivity contribution in [2.24, 2.45) is 5.41 Å². The molecule has 0 unspecified atom stereocenters. The predicted octanol–water partition coefficient (Wildman–Crippen LogP) is 3.10. The molecule has 0 aromatic carbocycles. The molecule has 0 aromatic rings. The Kier molecular flexibility index (Phi) is 3.51. The number of rotatable bonds is 3. The molecule has 1 heteroatoms. The Morgan fingerprint density at radius 1 is 1.25 bits per heavy atom. The quantitative estimate of drug-likeness (QED) is 0.465. The van der Waals surface area contributed by atoms with Crippen LogP contribution in [0.3, 0.4) is 0 Å². The number of hydrogen-bond donors (Lipinski definition) is 0. The molecule has 0 N–H and O–H groups in total. The monoisotopic (exact) mass is 166 g/mol. The second-order valence-electron chi connectivity index (χ2n) is 3.79. The van der Waals surface area contributed by atoms with Crippen LogP contribution in [-0.2, 0) is 4.79 Å². The average Bonchev–Trinajstić information content (AvgIpc) is 2.07. The first kappa shape index (κ1) is 9.50. The van der Waals surface area contributed by atoms with E-state index in [1.54, 1.807) is 0 Å². The van der Waals surface area contributed by atoms with Crippen LogP contribution in [0.5, 0.6) is 0 Å². The van der Waals surface area contributed by atoms with Gasteiger partial charge in [0.05, 0.1) is 0 Å². The summed E-state index contributed by atoms with van der Waals surface area (Å²) in [5, 5.41) is 0. The van der Waals surface area contributed by atoms with Crippen LogP contribution in [0, 0.1) is 5.41 Å². The van der Waals surface area contributed by atoms with Gasteiger partial charge in [0, 0.05) is 6.42 Å². The molecule has 1 aliphatic carbocycles. The van der Waals surface area contributed by atoms with Gasteiger partial charge in [-0.15, -0.1) is 0 Å². The minimum atomic E-state index is 0.231. The summed E-state index contributed by atoms with van der Waals surface area (Å²) in [4.78, 5) is 10.5. The highest BCUT2D eigenvalue weighted by molar-refractivity contribution is 5.51. The van der Waals surface area contributed by atoms with Crippen molar-refractivity contribution >= 4 is 6.29 Å². The van der Waals surface area contributed by atoms with Crippen molar-refractivity contribution in [2.75, 3.05) is 0 Å². The van der Waals surface area contributed by atoms with Crippen LogP contribution in [0.25, 0.3) is 0 Å². The van der Waals surface area contributed by atoms with Gasteiger partial charge in [-0.05, 0) is 25.2 Å². The van der Waals surface area contributed by atoms with Gasteiger partial charge >= 0.3 is 0 Å². The Balaban J connectivity index is 2.62. The molecule has 0 aromatic heterocycles. The highest BCUT2D eigenvalue weighted by Crippen LogP contribution is 2.39. The molecule has 0 saturated heterocycles. The molecule has 68 valence electrons. The van der Waals surface area contributed by atoms with Gasteiger partial charge in [0.25, 0.3) is 0 Å². The minimum Gasteiger partial charge on any atom is -0.303 e. The summed E-state index contributed by atoms with van der Waals surface area (Å²) in [6.07, 6.45) is 12.5. The third-order valence-electron chi connectivity index (χ3n) is 2.86. The maximum Gasteiger partial charge on any atom is 0.120 e. The van der Waals surface area contributed by atoms with Gasteiger partial charge < -0.3 is 4.79 Å². The van der Waals surface area contributed by atoms with Crippen molar-refractivity contribution in [2.45, 2.75) is 45.4 Å². The third kappa shape index (κ3) is 2.20. The van der Waals surface area contributed by atoms with E-state index in [-0.39, 0.29) is 5.41 Å². The first-order chi connectivity index (χ1) is 5.83. The summed E-state index contributed by atoms with van der Waals surface area (Å²) in [7, 11) is 0. The van der Waals surface area contributed by atoms with Gasteiger partial charge in [-0.3, -0.25) is 0 Å². The van der Waals surface area contributed by atoms with Gasteiger partial charge in [0.2, 0.25) is 0 Å². The molecule has 0 aliphatic heterocycles. The molecule has 0 spiro atoms. The van der Waals surface area contributed by atoms with Gasteiger partial charge in [-0.2, -0.15) is 0 Å². The highest BCUT2D eigenvalue weighted by Gasteiger charge is 2.28. The Labute approximate surface area is 74.9 Å². The van der Waals surface area contributed by atoms with Crippen LogP contribution < -0.4 is 0 Å². The van der Waals surface area contributed by atoms with Crippen LogP contribution in [0.15, 0.2) is 12.2 Å².